The fourth-order valence-corrected chi connectivity index (χ4v) is 3.04. The second-order valence-corrected chi connectivity index (χ2v) is 6.48. The van der Waals surface area contributed by atoms with E-state index in [1.807, 2.05) is 0 Å². The van der Waals surface area contributed by atoms with Gasteiger partial charge in [0, 0.05) is 0 Å². The van der Waals surface area contributed by atoms with Crippen LogP contribution in [0.1, 0.15) is 79.1 Å². The van der Waals surface area contributed by atoms with Crippen LogP contribution in [0.25, 0.3) is 0 Å². The summed E-state index contributed by atoms with van der Waals surface area (Å²) in [4.78, 5) is 5.14. The van der Waals surface area contributed by atoms with Crippen LogP contribution < -0.4 is 0 Å². The van der Waals surface area contributed by atoms with Crippen molar-refractivity contribution in [3.8, 4) is 0 Å². The molecule has 3 nitrogen and oxygen atoms in total. The van der Waals surface area contributed by atoms with Crippen molar-refractivity contribution in [3.63, 3.8) is 0 Å². The van der Waals surface area contributed by atoms with Crippen LogP contribution in [0.4, 0.5) is 0 Å². The fourth-order valence-electron chi connectivity index (χ4n) is 3.04. The van der Waals surface area contributed by atoms with E-state index < -0.39 is 0 Å². The molecule has 0 aromatic carbocycles. The summed E-state index contributed by atoms with van der Waals surface area (Å²) in [5.74, 6) is 1.41. The molecule has 0 saturated heterocycles. The lowest BCUT2D eigenvalue weighted by atomic mass is 10.1. The van der Waals surface area contributed by atoms with Crippen LogP contribution in [-0.2, 0) is 0 Å². The summed E-state index contributed by atoms with van der Waals surface area (Å²) in [5.41, 5.74) is 0. The predicted molar refractivity (Wildman–Crippen MR) is 99.9 cm³/mol. The molecule has 0 aliphatic rings. The maximum absolute atomic E-state index is 2.64. The van der Waals surface area contributed by atoms with Gasteiger partial charge in [-0.3, -0.25) is 14.4 Å². The minimum absolute atomic E-state index is 1.09. The van der Waals surface area contributed by atoms with Gasteiger partial charge in [0.2, 0.25) is 0 Å². The second kappa shape index (κ2) is 13.9. The Balaban J connectivity index is 4.78. The zero-order valence-corrected chi connectivity index (χ0v) is 16.3. The van der Waals surface area contributed by atoms with E-state index in [9.17, 15) is 0 Å². The summed E-state index contributed by atoms with van der Waals surface area (Å²) in [6, 6.07) is 0. The minimum atomic E-state index is 1.09. The van der Waals surface area contributed by atoms with Crippen molar-refractivity contribution in [1.29, 1.82) is 0 Å². The van der Waals surface area contributed by atoms with Crippen LogP contribution in [0, 0.1) is 0 Å². The van der Waals surface area contributed by atoms with Crippen molar-refractivity contribution in [2.24, 2.45) is 0 Å². The Morgan fingerprint density at radius 3 is 1.41 bits per heavy atom. The summed E-state index contributed by atoms with van der Waals surface area (Å²) < 4.78 is 2.31. The highest BCUT2D eigenvalue weighted by Crippen LogP contribution is 2.08. The fraction of sp³-hybridized carbons (Fsp3) is 0.947. The average molecular weight is 313 g/mol. The number of unbranched alkanes of at least 4 members (excludes halogenated alkanes) is 6. The van der Waals surface area contributed by atoms with Gasteiger partial charge >= 0.3 is 5.96 Å². The highest BCUT2D eigenvalue weighted by atomic mass is 15.4. The number of rotatable bonds is 12. The van der Waals surface area contributed by atoms with Gasteiger partial charge in [-0.05, 0) is 26.7 Å². The van der Waals surface area contributed by atoms with E-state index in [0.717, 1.165) is 13.1 Å². The van der Waals surface area contributed by atoms with E-state index in [1.165, 1.54) is 70.4 Å². The van der Waals surface area contributed by atoms with Crippen LogP contribution in [0.5, 0.6) is 0 Å². The molecular formula is C19H42N3+. The SMILES string of the molecule is CCCCCCN(CCCCCC)C(N(CC)CC)=[N+](C)C. The summed E-state index contributed by atoms with van der Waals surface area (Å²) in [7, 11) is 4.39. The van der Waals surface area contributed by atoms with Gasteiger partial charge < -0.3 is 0 Å². The monoisotopic (exact) mass is 312 g/mol. The molecule has 0 atom stereocenters. The molecular weight excluding hydrogens is 270 g/mol. The zero-order chi connectivity index (χ0) is 16.8. The van der Waals surface area contributed by atoms with Crippen molar-refractivity contribution >= 4 is 5.96 Å². The highest BCUT2D eigenvalue weighted by Gasteiger charge is 2.24. The third-order valence-corrected chi connectivity index (χ3v) is 4.29. The van der Waals surface area contributed by atoms with Crippen molar-refractivity contribution in [2.75, 3.05) is 40.3 Å². The Hall–Kier alpha value is -0.730. The van der Waals surface area contributed by atoms with Crippen LogP contribution in [0.2, 0.25) is 0 Å². The van der Waals surface area contributed by atoms with Crippen LogP contribution in [0.15, 0.2) is 0 Å². The number of nitrogens with zero attached hydrogens (tertiary/aromatic N) is 3. The third kappa shape index (κ3) is 8.65. The molecule has 0 aromatic heterocycles. The summed E-state index contributed by atoms with van der Waals surface area (Å²) in [5, 5.41) is 0. The van der Waals surface area contributed by atoms with Gasteiger partial charge in [0.25, 0.3) is 0 Å². The van der Waals surface area contributed by atoms with Crippen LogP contribution in [-0.4, -0.2) is 60.6 Å². The molecule has 0 fully saturated rings. The molecule has 0 N–H and O–H groups in total. The Kier molecular flexibility index (Phi) is 13.4. The normalized spacial score (nSPS) is 10.6. The summed E-state index contributed by atoms with van der Waals surface area (Å²) >= 11 is 0. The van der Waals surface area contributed by atoms with Gasteiger partial charge in [0.1, 0.15) is 0 Å². The Labute approximate surface area is 140 Å². The van der Waals surface area contributed by atoms with E-state index in [-0.39, 0.29) is 0 Å². The third-order valence-electron chi connectivity index (χ3n) is 4.29. The van der Waals surface area contributed by atoms with Gasteiger partial charge in [-0.2, -0.15) is 0 Å². The molecule has 132 valence electrons. The summed E-state index contributed by atoms with van der Waals surface area (Å²) in [6.07, 6.45) is 10.7. The van der Waals surface area contributed by atoms with E-state index in [0.29, 0.717) is 0 Å². The lowest BCUT2D eigenvalue weighted by Crippen LogP contribution is -2.49. The van der Waals surface area contributed by atoms with Gasteiger partial charge in [-0.15, -0.1) is 0 Å². The predicted octanol–water partition coefficient (Wildman–Crippen LogP) is 4.42. The van der Waals surface area contributed by atoms with Crippen LogP contribution in [0.3, 0.4) is 0 Å². The van der Waals surface area contributed by atoms with E-state index in [2.05, 4.69) is 56.2 Å². The first kappa shape index (κ1) is 21.3. The molecule has 0 heterocycles. The summed E-state index contributed by atoms with van der Waals surface area (Å²) in [6.45, 7) is 13.7. The Bertz CT molecular complexity index is 266. The minimum Gasteiger partial charge on any atom is -0.270 e. The Morgan fingerprint density at radius 1 is 0.636 bits per heavy atom. The first-order valence-electron chi connectivity index (χ1n) is 9.66. The first-order valence-corrected chi connectivity index (χ1v) is 9.66. The maximum atomic E-state index is 2.64. The van der Waals surface area contributed by atoms with Gasteiger partial charge in [-0.25, -0.2) is 0 Å². The van der Waals surface area contributed by atoms with E-state index in [4.69, 9.17) is 0 Å². The van der Waals surface area contributed by atoms with Gasteiger partial charge in [-0.1, -0.05) is 52.4 Å². The standard InChI is InChI=1S/C19H42N3/c1-7-11-13-15-17-22(18-16-14-12-8-2)19(20(5)6)21(9-3)10-4/h7-18H2,1-6H3/q+1. The number of hydrogen-bond acceptors (Lipinski definition) is 0. The molecule has 0 radical (unpaired) electrons. The molecule has 0 saturated carbocycles. The molecule has 0 aliphatic carbocycles. The van der Waals surface area contributed by atoms with Crippen LogP contribution >= 0.6 is 0 Å². The zero-order valence-electron chi connectivity index (χ0n) is 16.3. The molecule has 3 heteroatoms. The molecule has 0 aliphatic heterocycles. The number of guanidine groups is 1. The van der Waals surface area contributed by atoms with Crippen molar-refractivity contribution in [2.45, 2.75) is 79.1 Å². The molecule has 0 bridgehead atoms. The van der Waals surface area contributed by atoms with Gasteiger partial charge in [0.15, 0.2) is 0 Å². The molecule has 0 aromatic rings. The number of hydrogen-bond donors (Lipinski definition) is 0. The first-order chi connectivity index (χ1) is 10.6. The molecule has 0 rings (SSSR count). The van der Waals surface area contributed by atoms with Crippen molar-refractivity contribution < 1.29 is 4.58 Å². The molecule has 0 unspecified atom stereocenters. The Morgan fingerprint density at radius 2 is 1.09 bits per heavy atom. The van der Waals surface area contributed by atoms with E-state index >= 15 is 0 Å². The molecule has 0 amide bonds. The lowest BCUT2D eigenvalue weighted by molar-refractivity contribution is -0.476. The quantitative estimate of drug-likeness (QED) is 0.228. The average Bonchev–Trinajstić information content (AvgIpc) is 2.51. The van der Waals surface area contributed by atoms with Gasteiger partial charge in [0.05, 0.1) is 40.3 Å². The molecule has 0 spiro atoms. The largest absolute Gasteiger partial charge is 0.350 e. The van der Waals surface area contributed by atoms with Crippen molar-refractivity contribution in [1.82, 2.24) is 9.80 Å². The maximum Gasteiger partial charge on any atom is 0.350 e. The molecule has 22 heavy (non-hydrogen) atoms. The highest BCUT2D eigenvalue weighted by molar-refractivity contribution is 5.75. The van der Waals surface area contributed by atoms with Crippen molar-refractivity contribution in [3.05, 3.63) is 0 Å². The topological polar surface area (TPSA) is 9.49 Å². The second-order valence-electron chi connectivity index (χ2n) is 6.48. The smallest absolute Gasteiger partial charge is 0.270 e. The lowest BCUT2D eigenvalue weighted by Gasteiger charge is -2.28. The van der Waals surface area contributed by atoms with E-state index in [1.54, 1.807) is 0 Å².